The molecule has 2 heterocycles. The van der Waals surface area contributed by atoms with Gasteiger partial charge in [-0.3, -0.25) is 4.98 Å². The highest BCUT2D eigenvalue weighted by molar-refractivity contribution is 6.17. The maximum absolute atomic E-state index is 10.5. The second-order valence-corrected chi connectivity index (χ2v) is 3.69. The van der Waals surface area contributed by atoms with Gasteiger partial charge < -0.3 is 5.21 Å². The Hall–Kier alpha value is -1.03. The molecule has 2 aromatic rings. The first kappa shape index (κ1) is 17.0. The molecule has 2 rings (SSSR count). The van der Waals surface area contributed by atoms with E-state index in [0.29, 0.717) is 11.8 Å². The summed E-state index contributed by atoms with van der Waals surface area (Å²) >= 11 is 10.9. The van der Waals surface area contributed by atoms with Gasteiger partial charge in [0.25, 0.3) is 0 Å². The summed E-state index contributed by atoms with van der Waals surface area (Å²) in [6.45, 7) is 0. The molecule has 0 N–H and O–H groups in total. The van der Waals surface area contributed by atoms with Crippen molar-refractivity contribution in [3.05, 3.63) is 65.4 Å². The van der Waals surface area contributed by atoms with Crippen LogP contribution in [0.25, 0.3) is 0 Å². The van der Waals surface area contributed by atoms with E-state index < -0.39 is 0 Å². The van der Waals surface area contributed by atoms with Crippen LogP contribution in [0, 0.1) is 5.21 Å². The Morgan fingerprint density at radius 3 is 2.28 bits per heavy atom. The number of nitrogens with zero attached hydrogens (tertiary/aromatic N) is 2. The fraction of sp³-hybridized carbons (Fsp3) is 0.167. The van der Waals surface area contributed by atoms with Crippen LogP contribution in [0.5, 0.6) is 0 Å². The fourth-order valence-electron chi connectivity index (χ4n) is 1.06. The molecule has 0 unspecified atom stereocenters. The second kappa shape index (κ2) is 9.95. The minimum absolute atomic E-state index is 0. The van der Waals surface area contributed by atoms with Gasteiger partial charge in [0.05, 0.1) is 17.5 Å². The van der Waals surface area contributed by atoms with E-state index in [-0.39, 0.29) is 12.4 Å². The molecule has 0 bridgehead atoms. The lowest BCUT2D eigenvalue weighted by Gasteiger charge is -1.94. The van der Waals surface area contributed by atoms with E-state index in [4.69, 9.17) is 23.2 Å². The quantitative estimate of drug-likeness (QED) is 0.485. The second-order valence-electron chi connectivity index (χ2n) is 3.16. The van der Waals surface area contributed by atoms with Crippen LogP contribution in [0.1, 0.15) is 11.3 Å². The molecule has 0 amide bonds. The molecule has 0 radical (unpaired) electrons. The SMILES string of the molecule is Cl.ClCc1ccccn1.[O-][n+]1cccc(CCl)c1. The molecular formula is C12H13Cl3N2O. The van der Waals surface area contributed by atoms with E-state index in [2.05, 4.69) is 4.98 Å². The van der Waals surface area contributed by atoms with Crippen LogP contribution in [0.3, 0.4) is 0 Å². The summed E-state index contributed by atoms with van der Waals surface area (Å²) in [6, 6.07) is 9.17. The molecule has 0 aliphatic heterocycles. The lowest BCUT2D eigenvalue weighted by Crippen LogP contribution is -2.24. The van der Waals surface area contributed by atoms with E-state index in [1.165, 1.54) is 12.4 Å². The Kier molecular flexibility index (Phi) is 9.38. The first-order valence-corrected chi connectivity index (χ1v) is 6.02. The predicted molar refractivity (Wildman–Crippen MR) is 76.0 cm³/mol. The molecule has 0 saturated carbocycles. The number of pyridine rings is 2. The summed E-state index contributed by atoms with van der Waals surface area (Å²) in [5.41, 5.74) is 1.77. The Balaban J connectivity index is 0.000000306. The largest absolute Gasteiger partial charge is 0.619 e. The highest BCUT2D eigenvalue weighted by atomic mass is 35.5. The van der Waals surface area contributed by atoms with Gasteiger partial charge >= 0.3 is 0 Å². The van der Waals surface area contributed by atoms with E-state index in [1.807, 2.05) is 18.2 Å². The molecular weight excluding hydrogens is 295 g/mol. The summed E-state index contributed by atoms with van der Waals surface area (Å²) in [6.07, 6.45) is 4.61. The molecule has 0 fully saturated rings. The molecule has 2 aromatic heterocycles. The predicted octanol–water partition coefficient (Wildman–Crippen LogP) is 3.30. The molecule has 0 aliphatic carbocycles. The first-order chi connectivity index (χ1) is 8.26. The van der Waals surface area contributed by atoms with Crippen LogP contribution in [0.4, 0.5) is 0 Å². The third-order valence-electron chi connectivity index (χ3n) is 1.85. The van der Waals surface area contributed by atoms with Gasteiger partial charge in [-0.05, 0) is 18.2 Å². The van der Waals surface area contributed by atoms with Gasteiger partial charge in [-0.1, -0.05) is 6.07 Å². The van der Waals surface area contributed by atoms with Crippen LogP contribution < -0.4 is 4.73 Å². The van der Waals surface area contributed by atoms with Crippen molar-refractivity contribution in [1.82, 2.24) is 4.98 Å². The summed E-state index contributed by atoms with van der Waals surface area (Å²) in [7, 11) is 0. The third kappa shape index (κ3) is 6.64. The smallest absolute Gasteiger partial charge is 0.184 e. The highest BCUT2D eigenvalue weighted by Crippen LogP contribution is 1.97. The molecule has 6 heteroatoms. The summed E-state index contributed by atoms with van der Waals surface area (Å²) in [5, 5.41) is 10.5. The monoisotopic (exact) mass is 306 g/mol. The zero-order chi connectivity index (χ0) is 12.5. The highest BCUT2D eigenvalue weighted by Gasteiger charge is 1.91. The van der Waals surface area contributed by atoms with Crippen molar-refractivity contribution in [3.63, 3.8) is 0 Å². The summed E-state index contributed by atoms with van der Waals surface area (Å²) < 4.78 is 0.734. The van der Waals surface area contributed by atoms with Gasteiger partial charge in [-0.2, -0.15) is 4.73 Å². The molecule has 98 valence electrons. The summed E-state index contributed by atoms with van der Waals surface area (Å²) in [4.78, 5) is 3.97. The van der Waals surface area contributed by atoms with Crippen LogP contribution in [-0.4, -0.2) is 4.98 Å². The Morgan fingerprint density at radius 1 is 1.11 bits per heavy atom. The number of rotatable bonds is 2. The number of hydrogen-bond acceptors (Lipinski definition) is 2. The molecule has 18 heavy (non-hydrogen) atoms. The Morgan fingerprint density at radius 2 is 1.89 bits per heavy atom. The van der Waals surface area contributed by atoms with Crippen molar-refractivity contribution in [1.29, 1.82) is 0 Å². The van der Waals surface area contributed by atoms with Gasteiger partial charge in [-0.25, -0.2) is 0 Å². The minimum atomic E-state index is 0. The number of hydrogen-bond donors (Lipinski definition) is 0. The molecule has 3 nitrogen and oxygen atoms in total. The molecule has 0 atom stereocenters. The van der Waals surface area contributed by atoms with Crippen molar-refractivity contribution in [2.24, 2.45) is 0 Å². The van der Waals surface area contributed by atoms with Crippen LogP contribution in [-0.2, 0) is 11.8 Å². The van der Waals surface area contributed by atoms with Crippen LogP contribution >= 0.6 is 35.6 Å². The number of halogens is 3. The summed E-state index contributed by atoms with van der Waals surface area (Å²) in [5.74, 6) is 0.893. The minimum Gasteiger partial charge on any atom is -0.619 e. The number of alkyl halides is 2. The van der Waals surface area contributed by atoms with Gasteiger partial charge in [0.1, 0.15) is 0 Å². The normalized spacial score (nSPS) is 8.78. The first-order valence-electron chi connectivity index (χ1n) is 4.96. The number of aromatic nitrogens is 2. The zero-order valence-corrected chi connectivity index (χ0v) is 11.8. The van der Waals surface area contributed by atoms with Gasteiger partial charge in [0.2, 0.25) is 0 Å². The molecule has 0 aliphatic rings. The zero-order valence-electron chi connectivity index (χ0n) is 9.50. The van der Waals surface area contributed by atoms with E-state index in [9.17, 15) is 5.21 Å². The van der Waals surface area contributed by atoms with Crippen LogP contribution in [0.2, 0.25) is 0 Å². The van der Waals surface area contributed by atoms with Crippen molar-refractivity contribution in [2.45, 2.75) is 11.8 Å². The maximum Gasteiger partial charge on any atom is 0.184 e. The maximum atomic E-state index is 10.5. The fourth-order valence-corrected chi connectivity index (χ4v) is 1.37. The average Bonchev–Trinajstić information content (AvgIpc) is 2.40. The van der Waals surface area contributed by atoms with Crippen molar-refractivity contribution in [2.75, 3.05) is 0 Å². The van der Waals surface area contributed by atoms with Crippen molar-refractivity contribution in [3.8, 4) is 0 Å². The lowest BCUT2D eigenvalue weighted by atomic mass is 10.3. The van der Waals surface area contributed by atoms with Crippen LogP contribution in [0.15, 0.2) is 48.9 Å². The van der Waals surface area contributed by atoms with E-state index in [1.54, 1.807) is 18.3 Å². The van der Waals surface area contributed by atoms with Gasteiger partial charge in [0, 0.05) is 17.8 Å². The average molecular weight is 308 g/mol. The van der Waals surface area contributed by atoms with Crippen molar-refractivity contribution < 1.29 is 4.73 Å². The third-order valence-corrected chi connectivity index (χ3v) is 2.44. The van der Waals surface area contributed by atoms with Crippen molar-refractivity contribution >= 4 is 35.6 Å². The van der Waals surface area contributed by atoms with Gasteiger partial charge in [-0.15, -0.1) is 35.6 Å². The standard InChI is InChI=1S/C6H6ClNO.C6H6ClN.ClH/c7-4-6-2-1-3-8(9)5-6;7-5-6-3-1-2-4-8-6;/h1-3,5H,4H2;1-4H,5H2;1H. The Labute approximate surface area is 122 Å². The molecule has 0 aromatic carbocycles. The lowest BCUT2D eigenvalue weighted by molar-refractivity contribution is -0.605. The Bertz CT molecular complexity index is 440. The van der Waals surface area contributed by atoms with E-state index >= 15 is 0 Å². The van der Waals surface area contributed by atoms with E-state index in [0.717, 1.165) is 16.0 Å². The van der Waals surface area contributed by atoms with Gasteiger partial charge in [0.15, 0.2) is 12.4 Å². The topological polar surface area (TPSA) is 39.8 Å². The molecule has 0 saturated heterocycles. The molecule has 0 spiro atoms.